The molecule has 0 aliphatic heterocycles. The third-order valence-corrected chi connectivity index (χ3v) is 8.13. The first-order chi connectivity index (χ1) is 21.7. The van der Waals surface area contributed by atoms with Gasteiger partial charge in [-0.25, -0.2) is 13.8 Å². The molecule has 0 bridgehead atoms. The number of rotatable bonds is 15. The van der Waals surface area contributed by atoms with Crippen molar-refractivity contribution in [1.29, 1.82) is 0 Å². The zero-order valence-corrected chi connectivity index (χ0v) is 26.7. The lowest BCUT2D eigenvalue weighted by atomic mass is 9.99. The van der Waals surface area contributed by atoms with E-state index in [0.29, 0.717) is 30.8 Å². The fraction of sp³-hybridized carbons (Fsp3) is 0.343. The van der Waals surface area contributed by atoms with E-state index in [-0.39, 0.29) is 24.4 Å². The van der Waals surface area contributed by atoms with Gasteiger partial charge in [0.2, 0.25) is 0 Å². The Bertz CT molecular complexity index is 1550. The van der Waals surface area contributed by atoms with E-state index in [1.165, 1.54) is 12.1 Å². The standard InChI is InChI=1S/C35H40F2N4O3S/c1-4-10-41(11-5-2)35(44)28-14-23(3)13-27(19-28)33(43)40-31(18-25-16-29(36)20-30(37)17-25)32(42)22-38-21-24-7-6-8-26(15-24)34-39-9-12-45-34/h6-9,12-17,19-20,31-32,38,42H,4-5,10-11,18,21-22H2,1-3H3,(H,40,43)/t31-,32+/m0/s1. The van der Waals surface area contributed by atoms with E-state index in [1.807, 2.05) is 50.4 Å². The van der Waals surface area contributed by atoms with Crippen molar-refractivity contribution in [3.63, 3.8) is 0 Å². The van der Waals surface area contributed by atoms with Crippen LogP contribution in [0.15, 0.2) is 72.2 Å². The maximum absolute atomic E-state index is 14.0. The number of amides is 2. The van der Waals surface area contributed by atoms with E-state index in [2.05, 4.69) is 15.6 Å². The van der Waals surface area contributed by atoms with Gasteiger partial charge in [0.15, 0.2) is 0 Å². The van der Waals surface area contributed by atoms with Crippen molar-refractivity contribution in [1.82, 2.24) is 20.5 Å². The summed E-state index contributed by atoms with van der Waals surface area (Å²) in [7, 11) is 0. The maximum atomic E-state index is 14.0. The number of thiazole rings is 1. The Kier molecular flexibility index (Phi) is 12.3. The molecular weight excluding hydrogens is 594 g/mol. The van der Waals surface area contributed by atoms with Crippen LogP contribution in [0.4, 0.5) is 8.78 Å². The molecule has 1 heterocycles. The molecule has 0 saturated carbocycles. The molecule has 0 fully saturated rings. The molecule has 0 spiro atoms. The summed E-state index contributed by atoms with van der Waals surface area (Å²) >= 11 is 1.55. The summed E-state index contributed by atoms with van der Waals surface area (Å²) in [5.41, 5.74) is 3.69. The summed E-state index contributed by atoms with van der Waals surface area (Å²) in [5, 5.41) is 20.2. The van der Waals surface area contributed by atoms with Gasteiger partial charge in [0.05, 0.1) is 12.1 Å². The van der Waals surface area contributed by atoms with Crippen molar-refractivity contribution >= 4 is 23.2 Å². The number of carbonyl (C=O) groups excluding carboxylic acids is 2. The van der Waals surface area contributed by atoms with Crippen LogP contribution in [0.1, 0.15) is 64.1 Å². The Labute approximate surface area is 267 Å². The second-order valence-electron chi connectivity index (χ2n) is 11.2. The lowest BCUT2D eigenvalue weighted by molar-refractivity contribution is 0.0755. The fourth-order valence-electron chi connectivity index (χ4n) is 5.28. The number of benzene rings is 3. The van der Waals surface area contributed by atoms with Crippen molar-refractivity contribution in [2.24, 2.45) is 0 Å². The fourth-order valence-corrected chi connectivity index (χ4v) is 5.92. The summed E-state index contributed by atoms with van der Waals surface area (Å²) < 4.78 is 28.1. The number of aliphatic hydroxyl groups is 1. The highest BCUT2D eigenvalue weighted by Gasteiger charge is 2.24. The summed E-state index contributed by atoms with van der Waals surface area (Å²) in [5.74, 6) is -2.13. The number of aryl methyl sites for hydroxylation is 1. The summed E-state index contributed by atoms with van der Waals surface area (Å²) in [6.45, 7) is 7.61. The van der Waals surface area contributed by atoms with Crippen LogP contribution in [-0.2, 0) is 13.0 Å². The van der Waals surface area contributed by atoms with Crippen molar-refractivity contribution in [2.45, 2.75) is 58.7 Å². The first-order valence-electron chi connectivity index (χ1n) is 15.2. The van der Waals surface area contributed by atoms with Gasteiger partial charge in [-0.3, -0.25) is 9.59 Å². The van der Waals surface area contributed by atoms with Crippen LogP contribution in [0.5, 0.6) is 0 Å². The summed E-state index contributed by atoms with van der Waals surface area (Å²) in [6, 6.07) is 15.2. The molecule has 10 heteroatoms. The normalized spacial score (nSPS) is 12.5. The van der Waals surface area contributed by atoms with Gasteiger partial charge in [-0.1, -0.05) is 32.0 Å². The maximum Gasteiger partial charge on any atom is 0.253 e. The van der Waals surface area contributed by atoms with Gasteiger partial charge in [0, 0.05) is 60.5 Å². The van der Waals surface area contributed by atoms with Crippen LogP contribution in [0.2, 0.25) is 0 Å². The number of aliphatic hydroxyl groups excluding tert-OH is 1. The molecule has 45 heavy (non-hydrogen) atoms. The molecule has 4 rings (SSSR count). The van der Waals surface area contributed by atoms with Gasteiger partial charge in [-0.15, -0.1) is 11.3 Å². The molecule has 0 aliphatic rings. The minimum Gasteiger partial charge on any atom is -0.390 e. The third kappa shape index (κ3) is 9.75. The van der Waals surface area contributed by atoms with Gasteiger partial charge in [-0.05, 0) is 79.3 Å². The molecular formula is C35H40F2N4O3S. The second-order valence-corrected chi connectivity index (χ2v) is 12.1. The summed E-state index contributed by atoms with van der Waals surface area (Å²) in [4.78, 5) is 33.0. The lowest BCUT2D eigenvalue weighted by Gasteiger charge is -2.25. The Balaban J connectivity index is 1.50. The number of halogens is 2. The number of nitrogens with one attached hydrogen (secondary N) is 2. The van der Waals surface area contributed by atoms with E-state index in [9.17, 15) is 23.5 Å². The highest BCUT2D eigenvalue weighted by Crippen LogP contribution is 2.22. The minimum atomic E-state index is -1.10. The molecule has 238 valence electrons. The number of hydrogen-bond acceptors (Lipinski definition) is 6. The Morgan fingerprint density at radius 2 is 1.67 bits per heavy atom. The molecule has 0 unspecified atom stereocenters. The van der Waals surface area contributed by atoms with Crippen LogP contribution in [0, 0.1) is 18.6 Å². The molecule has 2 amide bonds. The number of aromatic nitrogens is 1. The van der Waals surface area contributed by atoms with Crippen LogP contribution in [0.25, 0.3) is 10.6 Å². The third-order valence-electron chi connectivity index (χ3n) is 7.31. The molecule has 7 nitrogen and oxygen atoms in total. The van der Waals surface area contributed by atoms with Crippen LogP contribution in [-0.4, -0.2) is 58.6 Å². The number of hydrogen-bond donors (Lipinski definition) is 3. The highest BCUT2D eigenvalue weighted by molar-refractivity contribution is 7.13. The molecule has 0 aliphatic carbocycles. The quantitative estimate of drug-likeness (QED) is 0.146. The Morgan fingerprint density at radius 1 is 0.956 bits per heavy atom. The Morgan fingerprint density at radius 3 is 2.33 bits per heavy atom. The van der Waals surface area contributed by atoms with Gasteiger partial charge >= 0.3 is 0 Å². The van der Waals surface area contributed by atoms with Crippen molar-refractivity contribution in [3.8, 4) is 10.6 Å². The zero-order valence-electron chi connectivity index (χ0n) is 25.9. The second kappa shape index (κ2) is 16.4. The number of carbonyl (C=O) groups is 2. The molecule has 0 radical (unpaired) electrons. The molecule has 4 aromatic rings. The minimum absolute atomic E-state index is 0.0127. The smallest absolute Gasteiger partial charge is 0.253 e. The van der Waals surface area contributed by atoms with Crippen molar-refractivity contribution in [2.75, 3.05) is 19.6 Å². The lowest BCUT2D eigenvalue weighted by Crippen LogP contribution is -2.48. The average Bonchev–Trinajstić information content (AvgIpc) is 3.55. The first-order valence-corrected chi connectivity index (χ1v) is 16.1. The topological polar surface area (TPSA) is 94.6 Å². The van der Waals surface area contributed by atoms with E-state index in [0.717, 1.165) is 40.6 Å². The predicted molar refractivity (Wildman–Crippen MR) is 174 cm³/mol. The predicted octanol–water partition coefficient (Wildman–Crippen LogP) is 6.15. The molecule has 3 aromatic carbocycles. The SMILES string of the molecule is CCCN(CCC)C(=O)c1cc(C)cc(C(=O)N[C@@H](Cc2cc(F)cc(F)c2)[C@H](O)CNCc2cccc(-c3nccs3)c2)c1. The van der Waals surface area contributed by atoms with Crippen LogP contribution in [0.3, 0.4) is 0 Å². The largest absolute Gasteiger partial charge is 0.390 e. The monoisotopic (exact) mass is 634 g/mol. The Hall–Kier alpha value is -3.99. The van der Waals surface area contributed by atoms with E-state index >= 15 is 0 Å². The van der Waals surface area contributed by atoms with Gasteiger partial charge < -0.3 is 20.6 Å². The van der Waals surface area contributed by atoms with Crippen molar-refractivity contribution < 1.29 is 23.5 Å². The number of nitrogens with zero attached hydrogens (tertiary/aromatic N) is 2. The molecule has 2 atom stereocenters. The molecule has 0 saturated heterocycles. The zero-order chi connectivity index (χ0) is 32.3. The highest BCUT2D eigenvalue weighted by atomic mass is 32.1. The van der Waals surface area contributed by atoms with Gasteiger partial charge in [0.1, 0.15) is 16.6 Å². The van der Waals surface area contributed by atoms with E-state index < -0.39 is 29.7 Å². The van der Waals surface area contributed by atoms with Gasteiger partial charge in [-0.2, -0.15) is 0 Å². The molecule has 3 N–H and O–H groups in total. The first kappa shape index (κ1) is 33.9. The van der Waals surface area contributed by atoms with Crippen LogP contribution >= 0.6 is 11.3 Å². The van der Waals surface area contributed by atoms with E-state index in [1.54, 1.807) is 40.6 Å². The average molecular weight is 635 g/mol. The van der Waals surface area contributed by atoms with Crippen molar-refractivity contribution in [3.05, 3.63) is 112 Å². The van der Waals surface area contributed by atoms with Gasteiger partial charge in [0.25, 0.3) is 11.8 Å². The van der Waals surface area contributed by atoms with E-state index in [4.69, 9.17) is 0 Å². The summed E-state index contributed by atoms with van der Waals surface area (Å²) in [6.07, 6.45) is 2.27. The molecule has 1 aromatic heterocycles. The van der Waals surface area contributed by atoms with Crippen LogP contribution < -0.4 is 10.6 Å².